The molecule has 0 unspecified atom stereocenters. The van der Waals surface area contributed by atoms with Crippen LogP contribution >= 0.6 is 24.4 Å². The summed E-state index contributed by atoms with van der Waals surface area (Å²) in [7, 11) is 0. The first kappa shape index (κ1) is 34.6. The van der Waals surface area contributed by atoms with Crippen LogP contribution in [0, 0.1) is 0 Å². The van der Waals surface area contributed by atoms with E-state index in [-0.39, 0.29) is 30.3 Å². The summed E-state index contributed by atoms with van der Waals surface area (Å²) in [6.07, 6.45) is 23.5. The first-order valence-electron chi connectivity index (χ1n) is 11.7. The normalized spacial score (nSPS) is 10.5. The van der Waals surface area contributed by atoms with Gasteiger partial charge in [-0.15, -0.1) is 0 Å². The first-order chi connectivity index (χ1) is 13.7. The molecule has 176 valence electrons. The monoisotopic (exact) mass is 512 g/mol. The topological polar surface area (TPSA) is 81.5 Å². The number of unbranched alkanes of at least 4 members (excludes halogenated alkanes) is 15. The van der Waals surface area contributed by atoms with E-state index in [1.54, 1.807) is 0 Å². The molecule has 0 radical (unpaired) electrons. The van der Waals surface area contributed by atoms with Gasteiger partial charge in [-0.05, 0) is 51.1 Å². The van der Waals surface area contributed by atoms with Gasteiger partial charge in [0.15, 0.2) is 0 Å². The molecule has 0 aromatic carbocycles. The maximum Gasteiger partial charge on any atom is 0.254 e. The minimum absolute atomic E-state index is 0. The van der Waals surface area contributed by atoms with Gasteiger partial charge in [-0.25, -0.2) is 0 Å². The second kappa shape index (κ2) is 25.3. The molecule has 0 aromatic heterocycles. The van der Waals surface area contributed by atoms with E-state index < -0.39 is 5.17 Å². The number of hydrogen-bond acceptors (Lipinski definition) is 3. The molecule has 0 saturated carbocycles. The fourth-order valence-electron chi connectivity index (χ4n) is 3.42. The van der Waals surface area contributed by atoms with E-state index in [0.29, 0.717) is 0 Å². The number of thiocarbonyl (C=S) groups is 2. The Morgan fingerprint density at radius 2 is 0.967 bits per heavy atom. The molecule has 7 heteroatoms. The van der Waals surface area contributed by atoms with Crippen molar-refractivity contribution in [2.75, 3.05) is 0 Å². The van der Waals surface area contributed by atoms with Crippen molar-refractivity contribution in [2.24, 2.45) is 11.5 Å². The molecule has 0 spiro atoms. The van der Waals surface area contributed by atoms with Crippen molar-refractivity contribution in [2.45, 2.75) is 136 Å². The average Bonchev–Trinajstić information content (AvgIpc) is 2.59. The fourth-order valence-corrected chi connectivity index (χ4v) is 3.65. The van der Waals surface area contributed by atoms with Crippen molar-refractivity contribution in [3.05, 3.63) is 0 Å². The van der Waals surface area contributed by atoms with Gasteiger partial charge >= 0.3 is 0 Å². The summed E-state index contributed by atoms with van der Waals surface area (Å²) in [6.45, 7) is 6.42. The van der Waals surface area contributed by atoms with Crippen LogP contribution in [0.2, 0.25) is 0 Å². The van der Waals surface area contributed by atoms with E-state index in [0.717, 1.165) is 6.42 Å². The van der Waals surface area contributed by atoms with Crippen LogP contribution in [0.25, 0.3) is 0 Å². The molecule has 0 bridgehead atoms. The van der Waals surface area contributed by atoms with Gasteiger partial charge in [-0.3, -0.25) is 0 Å². The van der Waals surface area contributed by atoms with E-state index in [4.69, 9.17) is 27.8 Å². The molecular formula is C23H48N2O2S2Zn. The zero-order valence-corrected chi connectivity index (χ0v) is 24.7. The Kier molecular flexibility index (Phi) is 29.2. The molecule has 0 fully saturated rings. The zero-order valence-electron chi connectivity index (χ0n) is 20.1. The van der Waals surface area contributed by atoms with E-state index in [2.05, 4.69) is 38.7 Å². The third-order valence-corrected chi connectivity index (χ3v) is 5.09. The average molecular weight is 514 g/mol. The Labute approximate surface area is 210 Å². The van der Waals surface area contributed by atoms with Crippen LogP contribution in [-0.2, 0) is 24.2 Å². The van der Waals surface area contributed by atoms with Gasteiger partial charge in [0.05, 0.1) is 0 Å². The maximum absolute atomic E-state index is 7.56. The minimum Gasteiger partial charge on any atom is -0.487 e. The molecule has 0 saturated heterocycles. The van der Waals surface area contributed by atoms with E-state index in [1.165, 1.54) is 103 Å². The largest absolute Gasteiger partial charge is 0.487 e. The SMILES string of the molecule is CCCCCCCCCCCCCCCCCCC(C)(C)OC(N)=S.NC(O)=S.[Zn]. The van der Waals surface area contributed by atoms with Crippen LogP contribution in [0.15, 0.2) is 0 Å². The third kappa shape index (κ3) is 35.4. The molecule has 0 amide bonds. The van der Waals surface area contributed by atoms with Gasteiger partial charge in [0.2, 0.25) is 0 Å². The molecule has 0 aliphatic rings. The summed E-state index contributed by atoms with van der Waals surface area (Å²) >= 11 is 8.69. The predicted molar refractivity (Wildman–Crippen MR) is 136 cm³/mol. The molecular weight excluding hydrogens is 466 g/mol. The molecule has 0 atom stereocenters. The summed E-state index contributed by atoms with van der Waals surface area (Å²) in [4.78, 5) is 0. The Hall–Kier alpha value is 0.00338. The van der Waals surface area contributed by atoms with Crippen molar-refractivity contribution in [3.8, 4) is 0 Å². The predicted octanol–water partition coefficient (Wildman–Crippen LogP) is 7.46. The summed E-state index contributed by atoms with van der Waals surface area (Å²) in [5.41, 5.74) is 9.64. The van der Waals surface area contributed by atoms with Gasteiger partial charge in [0, 0.05) is 19.5 Å². The number of nitrogens with two attached hydrogens (primary N) is 2. The summed E-state index contributed by atoms with van der Waals surface area (Å²) in [6, 6.07) is 0. The zero-order chi connectivity index (χ0) is 22.4. The third-order valence-electron chi connectivity index (χ3n) is 5.01. The molecule has 0 heterocycles. The van der Waals surface area contributed by atoms with Crippen LogP contribution in [0.1, 0.15) is 130 Å². The Balaban J connectivity index is -0.00000133. The van der Waals surface area contributed by atoms with Crippen LogP contribution in [0.3, 0.4) is 0 Å². The maximum atomic E-state index is 7.56. The Morgan fingerprint density at radius 1 is 0.700 bits per heavy atom. The van der Waals surface area contributed by atoms with Crippen molar-refractivity contribution < 1.29 is 29.3 Å². The van der Waals surface area contributed by atoms with Crippen LogP contribution in [0.4, 0.5) is 0 Å². The molecule has 5 N–H and O–H groups in total. The van der Waals surface area contributed by atoms with Gasteiger partial charge in [0.1, 0.15) is 5.60 Å². The number of rotatable bonds is 18. The van der Waals surface area contributed by atoms with Gasteiger partial charge in [0.25, 0.3) is 10.3 Å². The molecule has 0 aliphatic carbocycles. The molecule has 0 aliphatic heterocycles. The molecule has 30 heavy (non-hydrogen) atoms. The van der Waals surface area contributed by atoms with E-state index >= 15 is 0 Å². The summed E-state index contributed by atoms with van der Waals surface area (Å²) in [5, 5.41) is 7.23. The van der Waals surface area contributed by atoms with Crippen LogP contribution < -0.4 is 11.5 Å². The fraction of sp³-hybridized carbons (Fsp3) is 0.913. The van der Waals surface area contributed by atoms with Gasteiger partial charge < -0.3 is 21.3 Å². The second-order valence-electron chi connectivity index (χ2n) is 8.57. The van der Waals surface area contributed by atoms with Crippen LogP contribution in [0.5, 0.6) is 0 Å². The van der Waals surface area contributed by atoms with Gasteiger partial charge in [-0.2, -0.15) is 0 Å². The summed E-state index contributed by atoms with van der Waals surface area (Å²) in [5.74, 6) is 0. The smallest absolute Gasteiger partial charge is 0.254 e. The van der Waals surface area contributed by atoms with Crippen molar-refractivity contribution in [1.82, 2.24) is 0 Å². The van der Waals surface area contributed by atoms with Crippen LogP contribution in [-0.4, -0.2) is 21.1 Å². The standard InChI is InChI=1S/C22H45NOS.CH3NOS.Zn/c1-4-5-6-7-8-9-10-11-12-13-14-15-16-17-18-19-20-22(2,3)24-21(23)25;2-1(3)4;/h4-20H2,1-3H3,(H2,23,25);(H3,2,3,4);. The Morgan fingerprint density at radius 3 is 1.23 bits per heavy atom. The molecule has 0 rings (SSSR count). The Bertz CT molecular complexity index is 393. The first-order valence-corrected chi connectivity index (χ1v) is 12.5. The quantitative estimate of drug-likeness (QED) is 0.100. The summed E-state index contributed by atoms with van der Waals surface area (Å²) < 4.78 is 5.47. The number of ether oxygens (including phenoxy) is 1. The van der Waals surface area contributed by atoms with E-state index in [1.807, 2.05) is 0 Å². The number of hydrogen-bond donors (Lipinski definition) is 3. The van der Waals surface area contributed by atoms with Crippen molar-refractivity contribution >= 4 is 34.8 Å². The molecule has 0 aromatic rings. The molecule has 4 nitrogen and oxygen atoms in total. The minimum atomic E-state index is -0.500. The number of aliphatic hydroxyl groups is 1. The van der Waals surface area contributed by atoms with Crippen molar-refractivity contribution in [1.29, 1.82) is 0 Å². The van der Waals surface area contributed by atoms with E-state index in [9.17, 15) is 0 Å². The number of aliphatic hydroxyl groups excluding tert-OH is 1. The van der Waals surface area contributed by atoms with Crippen molar-refractivity contribution in [3.63, 3.8) is 0 Å². The van der Waals surface area contributed by atoms with Gasteiger partial charge in [-0.1, -0.05) is 103 Å². The second-order valence-corrected chi connectivity index (χ2v) is 9.39.